The first-order chi connectivity index (χ1) is 10.4. The Bertz CT molecular complexity index is 122. The van der Waals surface area contributed by atoms with E-state index in [1.165, 1.54) is 0 Å². The maximum Gasteiger partial charge on any atom is 2.00 e. The average Bonchev–Trinajstić information content (AvgIpc) is 2.08. The van der Waals surface area contributed by atoms with Gasteiger partial charge in [-0.25, -0.2) is 0 Å². The first-order valence-corrected chi connectivity index (χ1v) is 4.24. The zero-order valence-corrected chi connectivity index (χ0v) is 22.5. The molecule has 0 unspecified atom stereocenters. The van der Waals surface area contributed by atoms with Gasteiger partial charge < -0.3 is 90.4 Å². The summed E-state index contributed by atoms with van der Waals surface area (Å²) in [5, 5.41) is 152. The van der Waals surface area contributed by atoms with Crippen LogP contribution in [0.3, 0.4) is 0 Å². The standard InChI is InChI=1S/6BO3.9Ni/c6*2-1(3)4;;;;;;;;;/q6*-3;9*+2. The van der Waals surface area contributed by atoms with Crippen LogP contribution >= 0.6 is 0 Å². The van der Waals surface area contributed by atoms with E-state index in [9.17, 15) is 0 Å². The second-order valence-corrected chi connectivity index (χ2v) is 1.73. The van der Waals surface area contributed by atoms with E-state index in [-0.39, 0.29) is 148 Å². The molecule has 0 aliphatic carbocycles. The molecule has 0 heterocycles. The summed E-state index contributed by atoms with van der Waals surface area (Å²) in [4.78, 5) is 0. The van der Waals surface area contributed by atoms with Crippen molar-refractivity contribution in [1.82, 2.24) is 0 Å². The fraction of sp³-hybridized carbons (Fsp3) is 0. The van der Waals surface area contributed by atoms with Crippen LogP contribution in [0.2, 0.25) is 0 Å². The van der Waals surface area contributed by atoms with Crippen LogP contribution in [-0.2, 0) is 148 Å². The molecule has 33 heavy (non-hydrogen) atoms. The molecule has 0 aromatic heterocycles. The van der Waals surface area contributed by atoms with Crippen molar-refractivity contribution in [3.05, 3.63) is 0 Å². The van der Waals surface area contributed by atoms with Crippen molar-refractivity contribution in [2.75, 3.05) is 0 Å². The zero-order chi connectivity index (χ0) is 21.5. The van der Waals surface area contributed by atoms with Crippen LogP contribution in [0.1, 0.15) is 0 Å². The second-order valence-electron chi connectivity index (χ2n) is 1.73. The SMILES string of the molecule is [Ni+2].[Ni+2].[Ni+2].[Ni+2].[Ni+2].[Ni+2].[Ni+2].[Ni+2].[Ni+2].[O-]B([O-])[O-].[O-]B([O-])[O-].[O-]B([O-])[O-].[O-]B([O-])[O-].[O-]B([O-])[O-].[O-]B([O-])[O-]. The van der Waals surface area contributed by atoms with Crippen LogP contribution in [0.15, 0.2) is 0 Å². The molecule has 0 radical (unpaired) electrons. The van der Waals surface area contributed by atoms with E-state index >= 15 is 0 Å². The van der Waals surface area contributed by atoms with Crippen LogP contribution in [0, 0.1) is 0 Å². The fourth-order valence-electron chi connectivity index (χ4n) is 0. The van der Waals surface area contributed by atoms with E-state index in [1.807, 2.05) is 0 Å². The summed E-state index contributed by atoms with van der Waals surface area (Å²) in [6, 6.07) is 0. The van der Waals surface area contributed by atoms with Crippen LogP contribution < -0.4 is 90.4 Å². The van der Waals surface area contributed by atoms with E-state index in [4.69, 9.17) is 90.4 Å². The van der Waals surface area contributed by atoms with Crippen molar-refractivity contribution in [2.24, 2.45) is 0 Å². The van der Waals surface area contributed by atoms with E-state index in [0.717, 1.165) is 0 Å². The number of rotatable bonds is 0. The van der Waals surface area contributed by atoms with Gasteiger partial charge in [0.1, 0.15) is 0 Å². The molecule has 0 bridgehead atoms. The Balaban J connectivity index is -0.00000000859. The monoisotopic (exact) mass is 875 g/mol. The third kappa shape index (κ3) is 2490. The van der Waals surface area contributed by atoms with Crippen LogP contribution in [-0.4, -0.2) is 43.9 Å². The van der Waals surface area contributed by atoms with Crippen molar-refractivity contribution in [3.63, 3.8) is 0 Å². The van der Waals surface area contributed by atoms with E-state index < -0.39 is 43.9 Å². The Morgan fingerprint density at radius 1 is 0.152 bits per heavy atom. The van der Waals surface area contributed by atoms with Gasteiger partial charge in [-0.15, -0.1) is 0 Å². The van der Waals surface area contributed by atoms with Gasteiger partial charge in [-0.05, 0) is 0 Å². The van der Waals surface area contributed by atoms with Crippen molar-refractivity contribution < 1.29 is 239 Å². The molecule has 216 valence electrons. The van der Waals surface area contributed by atoms with Crippen LogP contribution in [0.4, 0.5) is 0 Å². The second kappa shape index (κ2) is 91.1. The third-order valence-electron chi connectivity index (χ3n) is 0. The predicted molar refractivity (Wildman–Crippen MR) is 34.5 cm³/mol. The molecule has 0 rings (SSSR count). The maximum absolute atomic E-state index is 8.42. The molecule has 0 saturated carbocycles. The first-order valence-electron chi connectivity index (χ1n) is 4.24. The molecule has 33 heteroatoms. The maximum atomic E-state index is 8.42. The van der Waals surface area contributed by atoms with Gasteiger partial charge in [-0.2, -0.15) is 0 Å². The van der Waals surface area contributed by atoms with Gasteiger partial charge in [0, 0.05) is 0 Å². The molecule has 0 saturated heterocycles. The molecular formula is B6Ni9O18. The summed E-state index contributed by atoms with van der Waals surface area (Å²) in [6.45, 7) is 0. The Labute approximate surface area is 280 Å². The Hall–Kier alpha value is 4.11. The van der Waals surface area contributed by atoms with Crippen molar-refractivity contribution in [1.29, 1.82) is 0 Å². The van der Waals surface area contributed by atoms with Gasteiger partial charge >= 0.3 is 148 Å². The minimum atomic E-state index is -2.92. The molecule has 0 amide bonds. The largest absolute Gasteiger partial charge is 2.00 e. The smallest absolute Gasteiger partial charge is 0.907 e. The summed E-state index contributed by atoms with van der Waals surface area (Å²) in [6.07, 6.45) is 0. The topological polar surface area (TPSA) is 415 Å². The molecule has 0 atom stereocenters. The third-order valence-corrected chi connectivity index (χ3v) is 0. The Morgan fingerprint density at radius 3 is 0.152 bits per heavy atom. The molecule has 0 spiro atoms. The zero-order valence-electron chi connectivity index (χ0n) is 13.7. The number of hydrogen-bond acceptors (Lipinski definition) is 18. The molecule has 0 aliphatic heterocycles. The molecular weight excluding hydrogens is 881 g/mol. The van der Waals surface area contributed by atoms with Crippen molar-refractivity contribution >= 4 is 43.9 Å². The van der Waals surface area contributed by atoms with Crippen molar-refractivity contribution in [3.8, 4) is 0 Å². The van der Waals surface area contributed by atoms with Crippen LogP contribution in [0.25, 0.3) is 0 Å². The predicted octanol–water partition coefficient (Wildman–Crippen LogP) is -23.7. The minimum absolute atomic E-state index is 0. The normalized spacial score (nSPS) is 4.91. The summed E-state index contributed by atoms with van der Waals surface area (Å²) < 4.78 is 0. The summed E-state index contributed by atoms with van der Waals surface area (Å²) in [7, 11) is -17.5. The van der Waals surface area contributed by atoms with E-state index in [2.05, 4.69) is 0 Å². The van der Waals surface area contributed by atoms with E-state index in [1.54, 1.807) is 0 Å². The summed E-state index contributed by atoms with van der Waals surface area (Å²) in [5.74, 6) is 0. The quantitative estimate of drug-likeness (QED) is 0.204. The van der Waals surface area contributed by atoms with Gasteiger partial charge in [-0.3, -0.25) is 43.9 Å². The van der Waals surface area contributed by atoms with E-state index in [0.29, 0.717) is 0 Å². The Kier molecular flexibility index (Phi) is 273. The molecule has 0 fully saturated rings. The molecule has 0 aromatic rings. The molecule has 18 nitrogen and oxygen atoms in total. The van der Waals surface area contributed by atoms with Gasteiger partial charge in [0.2, 0.25) is 0 Å². The van der Waals surface area contributed by atoms with Gasteiger partial charge in [0.15, 0.2) is 0 Å². The van der Waals surface area contributed by atoms with Gasteiger partial charge in [-0.1, -0.05) is 0 Å². The summed E-state index contributed by atoms with van der Waals surface area (Å²) >= 11 is 0. The minimum Gasteiger partial charge on any atom is -0.907 e. The van der Waals surface area contributed by atoms with Crippen molar-refractivity contribution in [2.45, 2.75) is 0 Å². The van der Waals surface area contributed by atoms with Crippen LogP contribution in [0.5, 0.6) is 0 Å². The molecule has 0 aliphatic rings. The first kappa shape index (κ1) is 99.0. The molecule has 0 N–H and O–H groups in total. The van der Waals surface area contributed by atoms with Gasteiger partial charge in [0.25, 0.3) is 0 Å². The summed E-state index contributed by atoms with van der Waals surface area (Å²) in [5.41, 5.74) is 0. The molecule has 0 aromatic carbocycles. The fourth-order valence-corrected chi connectivity index (χ4v) is 0. The Morgan fingerprint density at radius 2 is 0.152 bits per heavy atom. The average molecular weight is 881 g/mol. The van der Waals surface area contributed by atoms with Gasteiger partial charge in [0.05, 0.1) is 0 Å². The number of hydrogen-bond donors (Lipinski definition) is 0.